The summed E-state index contributed by atoms with van der Waals surface area (Å²) in [7, 11) is 0. The molecule has 1 saturated carbocycles. The fourth-order valence-electron chi connectivity index (χ4n) is 3.59. The Morgan fingerprint density at radius 3 is 2.55 bits per heavy atom. The molecule has 1 aliphatic heterocycles. The number of para-hydroxylation sites is 1. The third kappa shape index (κ3) is 5.95. The molecule has 2 heterocycles. The van der Waals surface area contributed by atoms with Crippen LogP contribution in [0.5, 0.6) is 5.75 Å². The highest BCUT2D eigenvalue weighted by atomic mass is 19.4. The van der Waals surface area contributed by atoms with Crippen LogP contribution in [0.2, 0.25) is 0 Å². The summed E-state index contributed by atoms with van der Waals surface area (Å²) in [5.74, 6) is 0.736. The van der Waals surface area contributed by atoms with Gasteiger partial charge in [-0.2, -0.15) is 0 Å². The van der Waals surface area contributed by atoms with Gasteiger partial charge in [0.25, 0.3) is 5.91 Å². The number of alkyl halides is 3. The number of nitrogens with zero attached hydrogens (tertiary/aromatic N) is 2. The first-order chi connectivity index (χ1) is 14.9. The van der Waals surface area contributed by atoms with Crippen molar-refractivity contribution in [2.75, 3.05) is 13.2 Å². The van der Waals surface area contributed by atoms with Gasteiger partial charge in [-0.05, 0) is 37.8 Å². The average molecular weight is 441 g/mol. The third-order valence-corrected chi connectivity index (χ3v) is 5.23. The number of hydrogen-bond acceptors (Lipinski definition) is 7. The van der Waals surface area contributed by atoms with E-state index in [4.69, 9.17) is 13.9 Å². The molecule has 0 unspecified atom stereocenters. The number of hydrogen-bond donors (Lipinski definition) is 1. The van der Waals surface area contributed by atoms with Gasteiger partial charge in [-0.1, -0.05) is 18.2 Å². The van der Waals surface area contributed by atoms with Crippen molar-refractivity contribution in [3.8, 4) is 5.75 Å². The van der Waals surface area contributed by atoms with E-state index in [9.17, 15) is 18.0 Å². The molecule has 8 nitrogen and oxygen atoms in total. The lowest BCUT2D eigenvalue weighted by Crippen LogP contribution is -2.43. The molecule has 1 saturated heterocycles. The number of halogens is 3. The van der Waals surface area contributed by atoms with Crippen molar-refractivity contribution in [1.82, 2.24) is 15.5 Å². The molecular weight excluding hydrogens is 419 g/mol. The van der Waals surface area contributed by atoms with E-state index in [2.05, 4.69) is 20.3 Å². The summed E-state index contributed by atoms with van der Waals surface area (Å²) in [6, 6.07) is 8.90. The van der Waals surface area contributed by atoms with E-state index >= 15 is 0 Å². The first-order valence-electron chi connectivity index (χ1n) is 10.0. The zero-order chi connectivity index (χ0) is 21.8. The van der Waals surface area contributed by atoms with Gasteiger partial charge in [0.15, 0.2) is 6.61 Å². The van der Waals surface area contributed by atoms with Crippen molar-refractivity contribution in [1.29, 1.82) is 0 Å². The van der Waals surface area contributed by atoms with Crippen molar-refractivity contribution >= 4 is 5.91 Å². The molecule has 11 heteroatoms. The van der Waals surface area contributed by atoms with Gasteiger partial charge in [0.05, 0.1) is 18.8 Å². The maximum absolute atomic E-state index is 12.2. The molecular formula is C20H22F3N3O5. The summed E-state index contributed by atoms with van der Waals surface area (Å²) < 4.78 is 57.4. The van der Waals surface area contributed by atoms with Crippen molar-refractivity contribution < 1.29 is 36.6 Å². The van der Waals surface area contributed by atoms with E-state index in [1.165, 1.54) is 0 Å². The van der Waals surface area contributed by atoms with E-state index in [-0.39, 0.29) is 43.9 Å². The van der Waals surface area contributed by atoms with Gasteiger partial charge in [-0.15, -0.1) is 23.4 Å². The lowest BCUT2D eigenvalue weighted by molar-refractivity contribution is -0.352. The van der Waals surface area contributed by atoms with E-state index in [0.29, 0.717) is 30.4 Å². The number of amides is 1. The van der Waals surface area contributed by atoms with Gasteiger partial charge in [0.1, 0.15) is 11.9 Å². The second-order valence-electron chi connectivity index (χ2n) is 7.60. The SMILES string of the molecule is O=C(COc1ccccc1)N[C@@H]1CC[C@@H](c2nnc([C@H]3C[C@@H](OC(F)(F)F)C3)o2)OC1. The Hall–Kier alpha value is -2.66. The van der Waals surface area contributed by atoms with Crippen LogP contribution in [0.25, 0.3) is 0 Å². The zero-order valence-corrected chi connectivity index (χ0v) is 16.5. The first-order valence-corrected chi connectivity index (χ1v) is 10.0. The van der Waals surface area contributed by atoms with E-state index in [1.54, 1.807) is 12.1 Å². The Morgan fingerprint density at radius 2 is 1.87 bits per heavy atom. The summed E-state index contributed by atoms with van der Waals surface area (Å²) in [6.07, 6.45) is -4.32. The number of aromatic nitrogens is 2. The predicted molar refractivity (Wildman–Crippen MR) is 99.0 cm³/mol. The second-order valence-corrected chi connectivity index (χ2v) is 7.60. The summed E-state index contributed by atoms with van der Waals surface area (Å²) in [6.45, 7) is 0.196. The number of nitrogens with one attached hydrogen (secondary N) is 1. The van der Waals surface area contributed by atoms with Crippen LogP contribution in [0.15, 0.2) is 34.7 Å². The Morgan fingerprint density at radius 1 is 1.13 bits per heavy atom. The van der Waals surface area contributed by atoms with Crippen molar-refractivity contribution in [3.05, 3.63) is 42.1 Å². The third-order valence-electron chi connectivity index (χ3n) is 5.23. The lowest BCUT2D eigenvalue weighted by atomic mass is 9.82. The molecule has 1 aromatic heterocycles. The van der Waals surface area contributed by atoms with Crippen LogP contribution in [-0.2, 0) is 14.3 Å². The van der Waals surface area contributed by atoms with E-state index < -0.39 is 18.6 Å². The van der Waals surface area contributed by atoms with Gasteiger partial charge in [-0.3, -0.25) is 9.53 Å². The largest absolute Gasteiger partial charge is 0.522 e. The van der Waals surface area contributed by atoms with Crippen molar-refractivity contribution in [2.45, 2.75) is 56.2 Å². The van der Waals surface area contributed by atoms with Gasteiger partial charge >= 0.3 is 6.36 Å². The van der Waals surface area contributed by atoms with Gasteiger partial charge in [0, 0.05) is 5.92 Å². The molecule has 1 amide bonds. The molecule has 0 radical (unpaired) electrons. The first kappa shape index (κ1) is 21.6. The Bertz CT molecular complexity index is 862. The summed E-state index contributed by atoms with van der Waals surface area (Å²) in [5, 5.41) is 10.8. The fraction of sp³-hybridized carbons (Fsp3) is 0.550. The maximum atomic E-state index is 12.2. The number of benzene rings is 1. The summed E-state index contributed by atoms with van der Waals surface area (Å²) >= 11 is 0. The average Bonchev–Trinajstić information content (AvgIpc) is 3.19. The molecule has 2 atom stereocenters. The quantitative estimate of drug-likeness (QED) is 0.705. The molecule has 1 aromatic carbocycles. The minimum Gasteiger partial charge on any atom is -0.484 e. The Labute approximate surface area is 176 Å². The molecule has 4 rings (SSSR count). The molecule has 1 aliphatic carbocycles. The fourth-order valence-corrected chi connectivity index (χ4v) is 3.59. The van der Waals surface area contributed by atoms with Crippen molar-refractivity contribution in [3.63, 3.8) is 0 Å². The highest BCUT2D eigenvalue weighted by Gasteiger charge is 2.42. The second kappa shape index (κ2) is 9.23. The number of ether oxygens (including phenoxy) is 3. The van der Waals surface area contributed by atoms with Gasteiger partial charge in [-0.25, -0.2) is 0 Å². The molecule has 2 aromatic rings. The normalized spacial score (nSPS) is 26.2. The summed E-state index contributed by atoms with van der Waals surface area (Å²) in [5.41, 5.74) is 0. The van der Waals surface area contributed by atoms with Crippen LogP contribution in [0.4, 0.5) is 13.2 Å². The maximum Gasteiger partial charge on any atom is 0.522 e. The zero-order valence-electron chi connectivity index (χ0n) is 16.5. The number of carbonyl (C=O) groups excluding carboxylic acids is 1. The van der Waals surface area contributed by atoms with Crippen LogP contribution in [0, 0.1) is 0 Å². The Balaban J connectivity index is 1.18. The molecule has 2 fully saturated rings. The van der Waals surface area contributed by atoms with Crippen molar-refractivity contribution in [2.24, 2.45) is 0 Å². The number of rotatable bonds is 7. The minimum atomic E-state index is -4.63. The lowest BCUT2D eigenvalue weighted by Gasteiger charge is -2.33. The highest BCUT2D eigenvalue weighted by Crippen LogP contribution is 2.41. The van der Waals surface area contributed by atoms with Crippen LogP contribution in [0.3, 0.4) is 0 Å². The molecule has 2 aliphatic rings. The highest BCUT2D eigenvalue weighted by molar-refractivity contribution is 5.77. The molecule has 0 bridgehead atoms. The van der Waals surface area contributed by atoms with E-state index in [0.717, 1.165) is 0 Å². The van der Waals surface area contributed by atoms with Crippen LogP contribution in [-0.4, -0.2) is 47.8 Å². The van der Waals surface area contributed by atoms with E-state index in [1.807, 2.05) is 18.2 Å². The molecule has 168 valence electrons. The van der Waals surface area contributed by atoms with Gasteiger partial charge < -0.3 is 19.2 Å². The standard InChI is InChI=1S/C20H22F3N3O5/c21-20(22,23)31-15-8-12(9-15)18-25-26-19(30-18)16-7-6-13(10-29-16)24-17(27)11-28-14-4-2-1-3-5-14/h1-5,12-13,15-16H,6-11H2,(H,24,27)/t12-,13-,15+,16+/m1/s1. The van der Waals surface area contributed by atoms with Gasteiger partial charge in [0.2, 0.25) is 11.8 Å². The van der Waals surface area contributed by atoms with Crippen LogP contribution < -0.4 is 10.1 Å². The van der Waals surface area contributed by atoms with Crippen LogP contribution >= 0.6 is 0 Å². The monoisotopic (exact) mass is 441 g/mol. The molecule has 1 N–H and O–H groups in total. The molecule has 0 spiro atoms. The topological polar surface area (TPSA) is 95.7 Å². The minimum absolute atomic E-state index is 0.0859. The van der Waals surface area contributed by atoms with Crippen LogP contribution in [0.1, 0.15) is 49.5 Å². The Kier molecular flexibility index (Phi) is 6.42. The predicted octanol–water partition coefficient (Wildman–Crippen LogP) is 3.27. The summed E-state index contributed by atoms with van der Waals surface area (Å²) in [4.78, 5) is 12.1. The molecule has 31 heavy (non-hydrogen) atoms. The smallest absolute Gasteiger partial charge is 0.484 e. The number of carbonyl (C=O) groups is 1.